The molecule has 3 aromatic carbocycles. The molecule has 0 bridgehead atoms. The van der Waals surface area contributed by atoms with Crippen LogP contribution in [-0.2, 0) is 32.1 Å². The Morgan fingerprint density at radius 1 is 1.00 bits per heavy atom. The Kier molecular flexibility index (Phi) is 9.32. The molecule has 1 aliphatic rings. The van der Waals surface area contributed by atoms with Gasteiger partial charge >= 0.3 is 5.97 Å². The highest BCUT2D eigenvalue weighted by Gasteiger charge is 2.26. The lowest BCUT2D eigenvalue weighted by Gasteiger charge is -2.24. The van der Waals surface area contributed by atoms with Crippen molar-refractivity contribution in [1.82, 2.24) is 5.01 Å². The number of carboxylic acid groups (broad SMARTS) is 1. The van der Waals surface area contributed by atoms with E-state index in [2.05, 4.69) is 10.4 Å². The third-order valence-corrected chi connectivity index (χ3v) is 6.99. The van der Waals surface area contributed by atoms with Gasteiger partial charge in [-0.1, -0.05) is 75.4 Å². The lowest BCUT2D eigenvalue weighted by atomic mass is 9.87. The Morgan fingerprint density at radius 2 is 1.73 bits per heavy atom. The van der Waals surface area contributed by atoms with Gasteiger partial charge in [-0.05, 0) is 59.7 Å². The van der Waals surface area contributed by atoms with Gasteiger partial charge in [-0.2, -0.15) is 0 Å². The number of anilines is 1. The van der Waals surface area contributed by atoms with E-state index in [1.165, 1.54) is 5.01 Å². The highest BCUT2D eigenvalue weighted by molar-refractivity contribution is 5.98. The number of rotatable bonds is 11. The molecular weight excluding hydrogens is 506 g/mol. The van der Waals surface area contributed by atoms with Gasteiger partial charge < -0.3 is 15.2 Å². The Balaban J connectivity index is 1.45. The fraction of sp³-hybridized carbons (Fsp3) is 0.312. The maximum Gasteiger partial charge on any atom is 0.306 e. The summed E-state index contributed by atoms with van der Waals surface area (Å²) in [5.74, 6) is -1.59. The number of nitrogens with one attached hydrogen (secondary N) is 1. The lowest BCUT2D eigenvalue weighted by Crippen LogP contribution is -2.36. The maximum absolute atomic E-state index is 13.4. The van der Waals surface area contributed by atoms with Crippen LogP contribution in [0.15, 0.2) is 84.0 Å². The first-order chi connectivity index (χ1) is 19.2. The van der Waals surface area contributed by atoms with E-state index in [0.29, 0.717) is 31.0 Å². The summed E-state index contributed by atoms with van der Waals surface area (Å²) in [6, 6.07) is 24.5. The minimum atomic E-state index is -0.818. The molecule has 2 amide bonds. The smallest absolute Gasteiger partial charge is 0.306 e. The Labute approximate surface area is 234 Å². The SMILES string of the molecule is CCC(Cc1cccc(NC(=O)C(c2ccc(CN3N=C(c4ccccc4)OCC3=O)cc2)C(C)C)c1)C(=O)O. The van der Waals surface area contributed by atoms with Crippen LogP contribution < -0.4 is 5.32 Å². The number of nitrogens with zero attached hydrogens (tertiary/aromatic N) is 2. The zero-order chi connectivity index (χ0) is 28.6. The van der Waals surface area contributed by atoms with E-state index in [1.807, 2.05) is 99.6 Å². The third kappa shape index (κ3) is 7.14. The van der Waals surface area contributed by atoms with Gasteiger partial charge in [0.1, 0.15) is 0 Å². The molecule has 40 heavy (non-hydrogen) atoms. The number of amides is 2. The van der Waals surface area contributed by atoms with Crippen LogP contribution in [-0.4, -0.2) is 40.4 Å². The van der Waals surface area contributed by atoms with E-state index in [9.17, 15) is 19.5 Å². The molecule has 2 atom stereocenters. The fourth-order valence-corrected chi connectivity index (χ4v) is 4.77. The van der Waals surface area contributed by atoms with Gasteiger partial charge in [-0.15, -0.1) is 5.10 Å². The molecule has 8 nitrogen and oxygen atoms in total. The minimum Gasteiger partial charge on any atom is -0.481 e. The van der Waals surface area contributed by atoms with Crippen molar-refractivity contribution in [3.63, 3.8) is 0 Å². The third-order valence-electron chi connectivity index (χ3n) is 6.99. The molecule has 4 rings (SSSR count). The topological polar surface area (TPSA) is 108 Å². The van der Waals surface area contributed by atoms with Crippen molar-refractivity contribution in [1.29, 1.82) is 0 Å². The predicted molar refractivity (Wildman–Crippen MR) is 154 cm³/mol. The molecule has 1 aliphatic heterocycles. The molecule has 8 heteroatoms. The number of hydrogen-bond acceptors (Lipinski definition) is 5. The van der Waals surface area contributed by atoms with Crippen molar-refractivity contribution in [2.24, 2.45) is 16.9 Å². The largest absolute Gasteiger partial charge is 0.481 e. The van der Waals surface area contributed by atoms with Gasteiger partial charge in [0.2, 0.25) is 11.8 Å². The highest BCUT2D eigenvalue weighted by atomic mass is 16.5. The Morgan fingerprint density at radius 3 is 2.38 bits per heavy atom. The second kappa shape index (κ2) is 13.1. The quantitative estimate of drug-likeness (QED) is 0.336. The zero-order valence-electron chi connectivity index (χ0n) is 23.0. The first-order valence-electron chi connectivity index (χ1n) is 13.5. The van der Waals surface area contributed by atoms with Gasteiger partial charge in [0.05, 0.1) is 18.4 Å². The summed E-state index contributed by atoms with van der Waals surface area (Å²) in [7, 11) is 0. The number of hydrogen-bond donors (Lipinski definition) is 2. The van der Waals surface area contributed by atoms with E-state index >= 15 is 0 Å². The van der Waals surface area contributed by atoms with Gasteiger partial charge in [0.15, 0.2) is 6.61 Å². The summed E-state index contributed by atoms with van der Waals surface area (Å²) in [5.41, 5.74) is 4.07. The van der Waals surface area contributed by atoms with E-state index in [0.717, 1.165) is 22.3 Å². The number of aliphatic carboxylic acids is 1. The molecule has 0 spiro atoms. The van der Waals surface area contributed by atoms with E-state index in [4.69, 9.17) is 4.74 Å². The number of benzene rings is 3. The van der Waals surface area contributed by atoms with Crippen LogP contribution in [0.25, 0.3) is 0 Å². The zero-order valence-corrected chi connectivity index (χ0v) is 23.0. The fourth-order valence-electron chi connectivity index (χ4n) is 4.77. The van der Waals surface area contributed by atoms with Gasteiger partial charge in [0, 0.05) is 11.3 Å². The summed E-state index contributed by atoms with van der Waals surface area (Å²) in [6.07, 6.45) is 0.949. The normalized spacial score (nSPS) is 14.8. The molecule has 2 N–H and O–H groups in total. The second-order valence-corrected chi connectivity index (χ2v) is 10.3. The van der Waals surface area contributed by atoms with Crippen LogP contribution in [0, 0.1) is 11.8 Å². The molecule has 0 aromatic heterocycles. The monoisotopic (exact) mass is 541 g/mol. The number of carbonyl (C=O) groups is 3. The van der Waals surface area contributed by atoms with Gasteiger partial charge in [-0.25, -0.2) is 5.01 Å². The van der Waals surface area contributed by atoms with Crippen LogP contribution in [0.2, 0.25) is 0 Å². The summed E-state index contributed by atoms with van der Waals surface area (Å²) < 4.78 is 5.53. The molecule has 0 radical (unpaired) electrons. The highest BCUT2D eigenvalue weighted by Crippen LogP contribution is 2.28. The van der Waals surface area contributed by atoms with Gasteiger partial charge in [-0.3, -0.25) is 14.4 Å². The molecule has 2 unspecified atom stereocenters. The summed E-state index contributed by atoms with van der Waals surface area (Å²) in [5, 5.41) is 18.2. The number of ether oxygens (including phenoxy) is 1. The first kappa shape index (κ1) is 28.5. The van der Waals surface area contributed by atoms with Crippen LogP contribution >= 0.6 is 0 Å². The molecule has 0 saturated carbocycles. The van der Waals surface area contributed by atoms with Crippen molar-refractivity contribution < 1.29 is 24.2 Å². The van der Waals surface area contributed by atoms with E-state index < -0.39 is 17.8 Å². The number of carbonyl (C=O) groups excluding carboxylic acids is 2. The van der Waals surface area contributed by atoms with E-state index in [1.54, 1.807) is 0 Å². The molecule has 0 aliphatic carbocycles. The molecular formula is C32H35N3O5. The first-order valence-corrected chi connectivity index (χ1v) is 13.5. The van der Waals surface area contributed by atoms with Crippen molar-refractivity contribution in [2.75, 3.05) is 11.9 Å². The van der Waals surface area contributed by atoms with Crippen LogP contribution in [0.5, 0.6) is 0 Å². The lowest BCUT2D eigenvalue weighted by molar-refractivity contribution is -0.141. The van der Waals surface area contributed by atoms with Crippen LogP contribution in [0.1, 0.15) is 55.4 Å². The van der Waals surface area contributed by atoms with Crippen molar-refractivity contribution in [3.8, 4) is 0 Å². The Hall–Kier alpha value is -4.46. The molecule has 208 valence electrons. The van der Waals surface area contributed by atoms with E-state index in [-0.39, 0.29) is 24.3 Å². The van der Waals surface area contributed by atoms with Crippen LogP contribution in [0.3, 0.4) is 0 Å². The predicted octanol–water partition coefficient (Wildman–Crippen LogP) is 5.44. The van der Waals surface area contributed by atoms with Gasteiger partial charge in [0.25, 0.3) is 5.91 Å². The van der Waals surface area contributed by atoms with Crippen molar-refractivity contribution >= 4 is 29.4 Å². The molecule has 1 heterocycles. The number of hydrazone groups is 1. The average Bonchev–Trinajstić information content (AvgIpc) is 2.94. The molecule has 0 saturated heterocycles. The summed E-state index contributed by atoms with van der Waals surface area (Å²) >= 11 is 0. The maximum atomic E-state index is 13.4. The molecule has 3 aromatic rings. The minimum absolute atomic E-state index is 0.0318. The standard InChI is InChI=1S/C32H35N3O5/c1-4-24(32(38)39)17-23-9-8-12-27(18-23)33-30(37)29(21(2)3)25-15-13-22(14-16-25)19-35-28(36)20-40-31(34-35)26-10-6-5-7-11-26/h5-16,18,21,24,29H,4,17,19-20H2,1-3H3,(H,33,37)(H,38,39). The second-order valence-electron chi connectivity index (χ2n) is 10.3. The summed E-state index contributed by atoms with van der Waals surface area (Å²) in [6.45, 7) is 6.08. The van der Waals surface area contributed by atoms with Crippen LogP contribution in [0.4, 0.5) is 5.69 Å². The molecule has 0 fully saturated rings. The van der Waals surface area contributed by atoms with Crippen molar-refractivity contribution in [3.05, 3.63) is 101 Å². The van der Waals surface area contributed by atoms with Crippen molar-refractivity contribution in [2.45, 2.75) is 46.1 Å². The number of carboxylic acids is 1. The Bertz CT molecular complexity index is 1370. The summed E-state index contributed by atoms with van der Waals surface area (Å²) in [4.78, 5) is 37.3. The average molecular weight is 542 g/mol.